The Labute approximate surface area is 133 Å². The van der Waals surface area contributed by atoms with Crippen molar-refractivity contribution in [1.29, 1.82) is 0 Å². The third-order valence-corrected chi connectivity index (χ3v) is 3.71. The molecule has 0 atom stereocenters. The van der Waals surface area contributed by atoms with Crippen LogP contribution in [0.25, 0.3) is 0 Å². The predicted octanol–water partition coefficient (Wildman–Crippen LogP) is 3.19. The summed E-state index contributed by atoms with van der Waals surface area (Å²) < 4.78 is 0. The Hall–Kier alpha value is -2.47. The zero-order chi connectivity index (χ0) is 15.9. The van der Waals surface area contributed by atoms with Gasteiger partial charge in [0.2, 0.25) is 5.91 Å². The Morgan fingerprint density at radius 3 is 2.55 bits per heavy atom. The molecule has 0 radical (unpaired) electrons. The number of nitrogens with one attached hydrogen (secondary N) is 2. The number of hydrogen-bond donors (Lipinski definition) is 2. The van der Waals surface area contributed by atoms with E-state index in [-0.39, 0.29) is 18.2 Å². The highest BCUT2D eigenvalue weighted by Gasteiger charge is 2.07. The van der Waals surface area contributed by atoms with Gasteiger partial charge in [-0.1, -0.05) is 23.8 Å². The molecule has 0 fully saturated rings. The van der Waals surface area contributed by atoms with Crippen molar-refractivity contribution >= 4 is 34.6 Å². The number of hydrogen-bond acceptors (Lipinski definition) is 4. The van der Waals surface area contributed by atoms with E-state index in [4.69, 9.17) is 0 Å². The van der Waals surface area contributed by atoms with Crippen LogP contribution in [0.2, 0.25) is 0 Å². The molecule has 22 heavy (non-hydrogen) atoms. The lowest BCUT2D eigenvalue weighted by molar-refractivity contribution is -0.115. The topological polar surface area (TPSA) is 70.6 Å². The molecule has 2 rings (SSSR count). The normalized spacial score (nSPS) is 11.1. The molecule has 1 aromatic heterocycles. The van der Waals surface area contributed by atoms with Crippen LogP contribution in [0.15, 0.2) is 46.9 Å². The van der Waals surface area contributed by atoms with E-state index in [1.165, 1.54) is 11.3 Å². The van der Waals surface area contributed by atoms with Gasteiger partial charge in [-0.05, 0) is 37.4 Å². The monoisotopic (exact) mass is 315 g/mol. The van der Waals surface area contributed by atoms with Gasteiger partial charge in [0.05, 0.1) is 11.3 Å². The van der Waals surface area contributed by atoms with Crippen LogP contribution in [-0.2, 0) is 4.79 Å². The summed E-state index contributed by atoms with van der Waals surface area (Å²) in [4.78, 5) is 24.2. The van der Waals surface area contributed by atoms with Crippen LogP contribution in [0.5, 0.6) is 0 Å². The highest BCUT2D eigenvalue weighted by atomic mass is 32.1. The molecular formula is C16H17N3O2S. The van der Waals surface area contributed by atoms with Crippen molar-refractivity contribution in [3.63, 3.8) is 0 Å². The van der Waals surface area contributed by atoms with E-state index in [2.05, 4.69) is 15.8 Å². The third-order valence-electron chi connectivity index (χ3n) is 2.84. The molecule has 0 saturated heterocycles. The van der Waals surface area contributed by atoms with Crippen molar-refractivity contribution in [2.24, 2.45) is 5.10 Å². The summed E-state index contributed by atoms with van der Waals surface area (Å²) in [6, 6.07) is 11.1. The number of anilines is 1. The first-order chi connectivity index (χ1) is 10.5. The van der Waals surface area contributed by atoms with Crippen LogP contribution in [-0.4, -0.2) is 17.5 Å². The van der Waals surface area contributed by atoms with E-state index >= 15 is 0 Å². The number of carbonyl (C=O) groups excluding carboxylic acids is 2. The van der Waals surface area contributed by atoms with Gasteiger partial charge < -0.3 is 5.32 Å². The molecule has 5 nitrogen and oxygen atoms in total. The fraction of sp³-hybridized carbons (Fsp3) is 0.188. The van der Waals surface area contributed by atoms with E-state index in [1.54, 1.807) is 19.1 Å². The summed E-state index contributed by atoms with van der Waals surface area (Å²) in [6.45, 7) is 3.68. The van der Waals surface area contributed by atoms with Crippen molar-refractivity contribution < 1.29 is 9.59 Å². The number of hydrazone groups is 1. The van der Waals surface area contributed by atoms with E-state index < -0.39 is 0 Å². The molecule has 0 saturated carbocycles. The van der Waals surface area contributed by atoms with E-state index in [9.17, 15) is 9.59 Å². The molecule has 1 aromatic carbocycles. The fourth-order valence-electron chi connectivity index (χ4n) is 1.72. The minimum atomic E-state index is -0.270. The summed E-state index contributed by atoms with van der Waals surface area (Å²) >= 11 is 1.34. The molecule has 2 N–H and O–H groups in total. The van der Waals surface area contributed by atoms with Gasteiger partial charge in [0.15, 0.2) is 0 Å². The first kappa shape index (κ1) is 15.9. The molecule has 2 amide bonds. The van der Waals surface area contributed by atoms with Crippen molar-refractivity contribution in [2.45, 2.75) is 20.3 Å². The molecule has 2 aromatic rings. The molecule has 0 bridgehead atoms. The van der Waals surface area contributed by atoms with Gasteiger partial charge >= 0.3 is 0 Å². The van der Waals surface area contributed by atoms with Crippen LogP contribution < -0.4 is 10.7 Å². The smallest absolute Gasteiger partial charge is 0.281 e. The average Bonchev–Trinajstić information content (AvgIpc) is 3.01. The second-order valence-corrected chi connectivity index (χ2v) is 5.80. The number of aryl methyl sites for hydroxylation is 1. The average molecular weight is 315 g/mol. The maximum Gasteiger partial charge on any atom is 0.281 e. The zero-order valence-corrected chi connectivity index (χ0v) is 13.2. The van der Waals surface area contributed by atoms with Crippen molar-refractivity contribution in [3.8, 4) is 0 Å². The van der Waals surface area contributed by atoms with Crippen molar-refractivity contribution in [2.75, 3.05) is 5.32 Å². The zero-order valence-electron chi connectivity index (χ0n) is 12.4. The largest absolute Gasteiger partial charge is 0.326 e. The first-order valence-corrected chi connectivity index (χ1v) is 7.66. The van der Waals surface area contributed by atoms with Gasteiger partial charge in [-0.25, -0.2) is 5.43 Å². The Morgan fingerprint density at radius 1 is 1.18 bits per heavy atom. The van der Waals surface area contributed by atoms with E-state index in [0.29, 0.717) is 10.6 Å². The van der Waals surface area contributed by atoms with Gasteiger partial charge in [-0.15, -0.1) is 11.3 Å². The molecule has 0 aliphatic carbocycles. The summed E-state index contributed by atoms with van der Waals surface area (Å²) in [5, 5.41) is 8.54. The summed E-state index contributed by atoms with van der Waals surface area (Å²) in [7, 11) is 0. The van der Waals surface area contributed by atoms with Gasteiger partial charge in [0.1, 0.15) is 0 Å². The Bertz CT molecular complexity index is 676. The molecule has 114 valence electrons. The maximum atomic E-state index is 11.9. The third kappa shape index (κ3) is 4.82. The van der Waals surface area contributed by atoms with Crippen LogP contribution in [0, 0.1) is 6.92 Å². The Morgan fingerprint density at radius 2 is 1.91 bits per heavy atom. The number of nitrogens with zero attached hydrogens (tertiary/aromatic N) is 1. The van der Waals surface area contributed by atoms with Gasteiger partial charge in [0, 0.05) is 11.4 Å². The molecule has 0 aliphatic heterocycles. The fourth-order valence-corrected chi connectivity index (χ4v) is 2.34. The van der Waals surface area contributed by atoms with Gasteiger partial charge in [0.25, 0.3) is 5.91 Å². The molecule has 6 heteroatoms. The Kier molecular flexibility index (Phi) is 5.43. The molecular weight excluding hydrogens is 298 g/mol. The number of benzene rings is 1. The van der Waals surface area contributed by atoms with Crippen LogP contribution in [0.4, 0.5) is 5.69 Å². The highest BCUT2D eigenvalue weighted by Crippen LogP contribution is 2.09. The highest BCUT2D eigenvalue weighted by molar-refractivity contribution is 7.12. The SMILES string of the molecule is C/C(CC(=O)Nc1ccc(C)cc1)=N/NC(=O)c1cccs1. The second kappa shape index (κ2) is 7.51. The van der Waals surface area contributed by atoms with Gasteiger partial charge in [-0.2, -0.15) is 5.10 Å². The number of carbonyl (C=O) groups is 2. The standard InChI is InChI=1S/C16H17N3O2S/c1-11-5-7-13(8-6-11)17-15(20)10-12(2)18-19-16(21)14-4-3-9-22-14/h3-9H,10H2,1-2H3,(H,17,20)(H,19,21)/b18-12-. The van der Waals surface area contributed by atoms with E-state index in [1.807, 2.05) is 36.6 Å². The number of amides is 2. The lowest BCUT2D eigenvalue weighted by Gasteiger charge is -2.05. The molecule has 0 spiro atoms. The summed E-state index contributed by atoms with van der Waals surface area (Å²) in [5.74, 6) is -0.441. The lowest BCUT2D eigenvalue weighted by atomic mass is 10.2. The van der Waals surface area contributed by atoms with Crippen LogP contribution in [0.3, 0.4) is 0 Å². The lowest BCUT2D eigenvalue weighted by Crippen LogP contribution is -2.20. The van der Waals surface area contributed by atoms with E-state index in [0.717, 1.165) is 11.3 Å². The van der Waals surface area contributed by atoms with Crippen LogP contribution in [0.1, 0.15) is 28.6 Å². The quantitative estimate of drug-likeness (QED) is 0.657. The minimum absolute atomic E-state index is 0.124. The molecule has 0 unspecified atom stereocenters. The van der Waals surface area contributed by atoms with Gasteiger partial charge in [-0.3, -0.25) is 9.59 Å². The van der Waals surface area contributed by atoms with Crippen molar-refractivity contribution in [3.05, 3.63) is 52.2 Å². The number of rotatable bonds is 5. The number of thiophene rings is 1. The van der Waals surface area contributed by atoms with Crippen LogP contribution >= 0.6 is 11.3 Å². The summed E-state index contributed by atoms with van der Waals surface area (Å²) in [6.07, 6.45) is 0.124. The Balaban J connectivity index is 1.84. The summed E-state index contributed by atoms with van der Waals surface area (Å²) in [5.41, 5.74) is 4.85. The predicted molar refractivity (Wildman–Crippen MR) is 89.3 cm³/mol. The minimum Gasteiger partial charge on any atom is -0.326 e. The maximum absolute atomic E-state index is 11.9. The molecule has 0 aliphatic rings. The second-order valence-electron chi connectivity index (χ2n) is 4.86. The first-order valence-electron chi connectivity index (χ1n) is 6.78. The molecule has 1 heterocycles. The van der Waals surface area contributed by atoms with Crippen molar-refractivity contribution in [1.82, 2.24) is 5.43 Å².